The van der Waals surface area contributed by atoms with Crippen LogP contribution in [0.2, 0.25) is 0 Å². The maximum atomic E-state index is 10.9. The van der Waals surface area contributed by atoms with Crippen molar-refractivity contribution in [3.8, 4) is 11.5 Å². The minimum absolute atomic E-state index is 0.340. The standard InChI is InChI=1S/C15H18O5/c1-4-6-12-7-11(9-16)8-13(19-5-2)14(12)20-10(3)15(17)18/h4,7-10H,1,5-6H2,2-3H3,(H,17,18). The number of rotatable bonds is 8. The lowest BCUT2D eigenvalue weighted by molar-refractivity contribution is -0.144. The number of allylic oxidation sites excluding steroid dienone is 1. The smallest absolute Gasteiger partial charge is 0.344 e. The van der Waals surface area contributed by atoms with Crippen molar-refractivity contribution in [2.24, 2.45) is 0 Å². The lowest BCUT2D eigenvalue weighted by atomic mass is 10.1. The van der Waals surface area contributed by atoms with Crippen LogP contribution in [0.3, 0.4) is 0 Å². The molecule has 0 saturated carbocycles. The molecule has 0 fully saturated rings. The Morgan fingerprint density at radius 2 is 2.20 bits per heavy atom. The average molecular weight is 278 g/mol. The summed E-state index contributed by atoms with van der Waals surface area (Å²) in [5.41, 5.74) is 1.11. The van der Waals surface area contributed by atoms with Gasteiger partial charge in [0.25, 0.3) is 0 Å². The number of carboxylic acids is 1. The lowest BCUT2D eigenvalue weighted by Gasteiger charge is -2.18. The van der Waals surface area contributed by atoms with Crippen molar-refractivity contribution in [3.63, 3.8) is 0 Å². The van der Waals surface area contributed by atoms with E-state index in [0.29, 0.717) is 41.9 Å². The first-order valence-electron chi connectivity index (χ1n) is 6.28. The van der Waals surface area contributed by atoms with Crippen LogP contribution >= 0.6 is 0 Å². The topological polar surface area (TPSA) is 72.8 Å². The maximum Gasteiger partial charge on any atom is 0.344 e. The van der Waals surface area contributed by atoms with Crippen molar-refractivity contribution in [3.05, 3.63) is 35.9 Å². The first-order valence-corrected chi connectivity index (χ1v) is 6.28. The van der Waals surface area contributed by atoms with Crippen LogP contribution in [0.4, 0.5) is 0 Å². The van der Waals surface area contributed by atoms with E-state index >= 15 is 0 Å². The van der Waals surface area contributed by atoms with E-state index in [1.54, 1.807) is 19.1 Å². The molecule has 1 aromatic rings. The molecule has 108 valence electrons. The number of aldehydes is 1. The summed E-state index contributed by atoms with van der Waals surface area (Å²) in [5.74, 6) is -0.370. The van der Waals surface area contributed by atoms with Crippen molar-refractivity contribution in [1.29, 1.82) is 0 Å². The highest BCUT2D eigenvalue weighted by Crippen LogP contribution is 2.34. The molecule has 5 nitrogen and oxygen atoms in total. The maximum absolute atomic E-state index is 10.9. The van der Waals surface area contributed by atoms with E-state index in [4.69, 9.17) is 14.6 Å². The Morgan fingerprint density at radius 3 is 2.70 bits per heavy atom. The van der Waals surface area contributed by atoms with Crippen LogP contribution in [0.15, 0.2) is 24.8 Å². The van der Waals surface area contributed by atoms with Gasteiger partial charge in [0.15, 0.2) is 17.6 Å². The van der Waals surface area contributed by atoms with Crippen molar-refractivity contribution in [2.45, 2.75) is 26.4 Å². The second-order valence-corrected chi connectivity index (χ2v) is 4.15. The molecule has 1 rings (SSSR count). The van der Waals surface area contributed by atoms with Gasteiger partial charge >= 0.3 is 5.97 Å². The number of aliphatic carboxylic acids is 1. The molecule has 20 heavy (non-hydrogen) atoms. The molecule has 0 aliphatic carbocycles. The highest BCUT2D eigenvalue weighted by atomic mass is 16.5. The normalized spacial score (nSPS) is 11.5. The van der Waals surface area contributed by atoms with Crippen LogP contribution in [0.25, 0.3) is 0 Å². The number of carbonyl (C=O) groups excluding carboxylic acids is 1. The van der Waals surface area contributed by atoms with Crippen molar-refractivity contribution < 1.29 is 24.2 Å². The molecule has 0 aromatic heterocycles. The summed E-state index contributed by atoms with van der Waals surface area (Å²) in [7, 11) is 0. The molecule has 1 aromatic carbocycles. The van der Waals surface area contributed by atoms with E-state index in [2.05, 4.69) is 6.58 Å². The SMILES string of the molecule is C=CCc1cc(C=O)cc(OCC)c1OC(C)C(=O)O. The fourth-order valence-corrected chi connectivity index (χ4v) is 1.68. The van der Waals surface area contributed by atoms with Gasteiger partial charge in [0.05, 0.1) is 6.61 Å². The van der Waals surface area contributed by atoms with Gasteiger partial charge in [0.2, 0.25) is 0 Å². The Bertz CT molecular complexity index is 507. The van der Waals surface area contributed by atoms with Crippen LogP contribution in [-0.4, -0.2) is 30.1 Å². The Hall–Kier alpha value is -2.30. The van der Waals surface area contributed by atoms with Gasteiger partial charge in [-0.25, -0.2) is 4.79 Å². The molecule has 1 unspecified atom stereocenters. The molecule has 5 heteroatoms. The highest BCUT2D eigenvalue weighted by molar-refractivity contribution is 5.78. The monoisotopic (exact) mass is 278 g/mol. The van der Waals surface area contributed by atoms with E-state index in [1.807, 2.05) is 0 Å². The predicted octanol–water partition coefficient (Wildman–Crippen LogP) is 2.48. The fraction of sp³-hybridized carbons (Fsp3) is 0.333. The van der Waals surface area contributed by atoms with Gasteiger partial charge in [-0.1, -0.05) is 6.08 Å². The second-order valence-electron chi connectivity index (χ2n) is 4.15. The van der Waals surface area contributed by atoms with Crippen LogP contribution in [0, 0.1) is 0 Å². The summed E-state index contributed by atoms with van der Waals surface area (Å²) in [6.45, 7) is 7.25. The largest absolute Gasteiger partial charge is 0.490 e. The molecule has 0 spiro atoms. The number of ether oxygens (including phenoxy) is 2. The van der Waals surface area contributed by atoms with Gasteiger partial charge < -0.3 is 14.6 Å². The van der Waals surface area contributed by atoms with E-state index in [-0.39, 0.29) is 0 Å². The van der Waals surface area contributed by atoms with Gasteiger partial charge in [-0.2, -0.15) is 0 Å². The summed E-state index contributed by atoms with van der Waals surface area (Å²) in [5, 5.41) is 8.94. The van der Waals surface area contributed by atoms with Crippen LogP contribution in [0.5, 0.6) is 11.5 Å². The molecule has 1 atom stereocenters. The molecule has 0 amide bonds. The molecule has 0 saturated heterocycles. The van der Waals surface area contributed by atoms with E-state index in [9.17, 15) is 9.59 Å². The van der Waals surface area contributed by atoms with Crippen molar-refractivity contribution >= 4 is 12.3 Å². The van der Waals surface area contributed by atoms with Crippen LogP contribution in [-0.2, 0) is 11.2 Å². The van der Waals surface area contributed by atoms with Gasteiger partial charge in [-0.3, -0.25) is 4.79 Å². The first-order chi connectivity index (χ1) is 9.53. The number of benzene rings is 1. The van der Waals surface area contributed by atoms with E-state index < -0.39 is 12.1 Å². The number of carboxylic acid groups (broad SMARTS) is 1. The van der Waals surface area contributed by atoms with Gasteiger partial charge in [0.1, 0.15) is 6.29 Å². The third-order valence-electron chi connectivity index (χ3n) is 2.60. The second kappa shape index (κ2) is 7.33. The summed E-state index contributed by atoms with van der Waals surface area (Å²) >= 11 is 0. The Kier molecular flexibility index (Phi) is 5.77. The number of hydrogen-bond donors (Lipinski definition) is 1. The minimum Gasteiger partial charge on any atom is -0.490 e. The fourth-order valence-electron chi connectivity index (χ4n) is 1.68. The molecule has 0 aliphatic heterocycles. The molecular formula is C15H18O5. The highest BCUT2D eigenvalue weighted by Gasteiger charge is 2.19. The van der Waals surface area contributed by atoms with Crippen molar-refractivity contribution in [2.75, 3.05) is 6.61 Å². The summed E-state index contributed by atoms with van der Waals surface area (Å²) in [6.07, 6.45) is 1.79. The first kappa shape index (κ1) is 15.8. The van der Waals surface area contributed by atoms with Crippen molar-refractivity contribution in [1.82, 2.24) is 0 Å². The lowest BCUT2D eigenvalue weighted by Crippen LogP contribution is -2.24. The van der Waals surface area contributed by atoms with Gasteiger partial charge in [-0.15, -0.1) is 6.58 Å². The van der Waals surface area contributed by atoms with Crippen LogP contribution in [0.1, 0.15) is 29.8 Å². The zero-order chi connectivity index (χ0) is 15.1. The summed E-state index contributed by atoms with van der Waals surface area (Å²) in [4.78, 5) is 21.9. The summed E-state index contributed by atoms with van der Waals surface area (Å²) < 4.78 is 10.9. The molecular weight excluding hydrogens is 260 g/mol. The Labute approximate surface area is 117 Å². The number of carbonyl (C=O) groups is 2. The molecule has 0 bridgehead atoms. The molecule has 0 radical (unpaired) electrons. The Morgan fingerprint density at radius 1 is 1.50 bits per heavy atom. The minimum atomic E-state index is -1.07. The third kappa shape index (κ3) is 3.85. The van der Waals surface area contributed by atoms with Gasteiger partial charge in [-0.05, 0) is 32.4 Å². The van der Waals surface area contributed by atoms with Crippen LogP contribution < -0.4 is 9.47 Å². The zero-order valence-electron chi connectivity index (χ0n) is 11.6. The predicted molar refractivity (Wildman–Crippen MR) is 74.6 cm³/mol. The third-order valence-corrected chi connectivity index (χ3v) is 2.60. The Balaban J connectivity index is 3.29. The zero-order valence-corrected chi connectivity index (χ0v) is 11.6. The number of hydrogen-bond acceptors (Lipinski definition) is 4. The molecule has 0 aliphatic rings. The van der Waals surface area contributed by atoms with E-state index in [1.165, 1.54) is 13.0 Å². The van der Waals surface area contributed by atoms with E-state index in [0.717, 1.165) is 0 Å². The summed E-state index contributed by atoms with van der Waals surface area (Å²) in [6, 6.07) is 3.17. The molecule has 0 heterocycles. The molecule has 1 N–H and O–H groups in total. The quantitative estimate of drug-likeness (QED) is 0.584. The van der Waals surface area contributed by atoms with Gasteiger partial charge in [0, 0.05) is 11.1 Å². The average Bonchev–Trinajstić information content (AvgIpc) is 2.42.